The van der Waals surface area contributed by atoms with Gasteiger partial charge in [-0.15, -0.1) is 0 Å². The monoisotopic (exact) mass is 338 g/mol. The fourth-order valence-electron chi connectivity index (χ4n) is 2.86. The highest BCUT2D eigenvalue weighted by atomic mass is 16.5. The third-order valence-corrected chi connectivity index (χ3v) is 4.01. The van der Waals surface area contributed by atoms with Crippen molar-refractivity contribution in [3.63, 3.8) is 0 Å². The quantitative estimate of drug-likeness (QED) is 0.462. The van der Waals surface area contributed by atoms with Gasteiger partial charge in [0.2, 0.25) is 0 Å². The summed E-state index contributed by atoms with van der Waals surface area (Å²) in [6.07, 6.45) is 1.87. The molecular formula is C23H18N2O. The second-order valence-corrected chi connectivity index (χ2v) is 6.23. The van der Waals surface area contributed by atoms with Crippen molar-refractivity contribution in [1.82, 2.24) is 0 Å². The number of benzene rings is 3. The largest absolute Gasteiger partial charge is 0.490 e. The Kier molecular flexibility index (Phi) is 5.02. The highest BCUT2D eigenvalue weighted by molar-refractivity contribution is 6.00. The van der Waals surface area contributed by atoms with Crippen LogP contribution >= 0.6 is 0 Å². The van der Waals surface area contributed by atoms with Gasteiger partial charge in [0.25, 0.3) is 0 Å². The Morgan fingerprint density at radius 2 is 1.81 bits per heavy atom. The molecule has 3 heteroatoms. The number of fused-ring (bicyclic) bond motifs is 1. The maximum Gasteiger partial charge on any atom is 0.127 e. The van der Waals surface area contributed by atoms with E-state index in [9.17, 15) is 5.26 Å². The summed E-state index contributed by atoms with van der Waals surface area (Å²) in [7, 11) is 0. The number of allylic oxidation sites excluding steroid dienone is 1. The molecule has 0 amide bonds. The summed E-state index contributed by atoms with van der Waals surface area (Å²) in [5.41, 5.74) is 2.61. The summed E-state index contributed by atoms with van der Waals surface area (Å²) in [5.74, 6) is 0.739. The SMILES string of the molecule is CC(C)Oc1ccc2ccccc2c1/C=C(\C#N)c1cccc(C#N)c1. The van der Waals surface area contributed by atoms with Gasteiger partial charge in [0.1, 0.15) is 5.75 Å². The molecule has 0 saturated carbocycles. The number of hydrogen-bond donors (Lipinski definition) is 0. The molecule has 0 aliphatic rings. The lowest BCUT2D eigenvalue weighted by atomic mass is 9.98. The van der Waals surface area contributed by atoms with E-state index >= 15 is 0 Å². The van der Waals surface area contributed by atoms with Gasteiger partial charge in [-0.1, -0.05) is 42.5 Å². The molecule has 0 fully saturated rings. The van der Waals surface area contributed by atoms with Crippen molar-refractivity contribution in [3.8, 4) is 17.9 Å². The number of ether oxygens (including phenoxy) is 1. The van der Waals surface area contributed by atoms with Gasteiger partial charge in [-0.05, 0) is 54.5 Å². The summed E-state index contributed by atoms with van der Waals surface area (Å²) in [5, 5.41) is 20.9. The molecule has 3 aromatic carbocycles. The smallest absolute Gasteiger partial charge is 0.127 e. The minimum absolute atomic E-state index is 0.0239. The van der Waals surface area contributed by atoms with Gasteiger partial charge in [-0.25, -0.2) is 0 Å². The fraction of sp³-hybridized carbons (Fsp3) is 0.130. The molecule has 0 aliphatic heterocycles. The second-order valence-electron chi connectivity index (χ2n) is 6.23. The summed E-state index contributed by atoms with van der Waals surface area (Å²) >= 11 is 0. The summed E-state index contributed by atoms with van der Waals surface area (Å²) in [4.78, 5) is 0. The van der Waals surface area contributed by atoms with Crippen LogP contribution in [0.25, 0.3) is 22.4 Å². The molecule has 0 spiro atoms. The lowest BCUT2D eigenvalue weighted by molar-refractivity contribution is 0.242. The molecule has 0 aromatic heterocycles. The van der Waals surface area contributed by atoms with E-state index in [-0.39, 0.29) is 6.10 Å². The zero-order valence-corrected chi connectivity index (χ0v) is 14.7. The van der Waals surface area contributed by atoms with Crippen LogP contribution < -0.4 is 4.74 Å². The fourth-order valence-corrected chi connectivity index (χ4v) is 2.86. The average molecular weight is 338 g/mol. The third-order valence-electron chi connectivity index (χ3n) is 4.01. The minimum atomic E-state index is 0.0239. The molecule has 0 saturated heterocycles. The number of hydrogen-bond acceptors (Lipinski definition) is 3. The van der Waals surface area contributed by atoms with Crippen LogP contribution in [0.1, 0.15) is 30.5 Å². The van der Waals surface area contributed by atoms with Crippen molar-refractivity contribution in [2.45, 2.75) is 20.0 Å². The topological polar surface area (TPSA) is 56.8 Å². The van der Waals surface area contributed by atoms with E-state index in [2.05, 4.69) is 12.1 Å². The summed E-state index contributed by atoms with van der Waals surface area (Å²) in [6.45, 7) is 3.95. The standard InChI is InChI=1S/C23H18N2O/c1-16(2)26-23-11-10-18-7-3-4-9-21(18)22(23)13-20(15-25)19-8-5-6-17(12-19)14-24/h3-13,16H,1-2H3/b20-13+. The van der Waals surface area contributed by atoms with Crippen molar-refractivity contribution in [3.05, 3.63) is 77.4 Å². The lowest BCUT2D eigenvalue weighted by Crippen LogP contribution is -2.06. The van der Waals surface area contributed by atoms with E-state index in [0.29, 0.717) is 11.1 Å². The van der Waals surface area contributed by atoms with Crippen LogP contribution in [0.3, 0.4) is 0 Å². The van der Waals surface area contributed by atoms with Crippen molar-refractivity contribution in [2.24, 2.45) is 0 Å². The Balaban J connectivity index is 2.23. The molecule has 0 N–H and O–H groups in total. The highest BCUT2D eigenvalue weighted by Gasteiger charge is 2.11. The maximum absolute atomic E-state index is 9.71. The molecule has 0 bridgehead atoms. The third kappa shape index (κ3) is 3.58. The molecule has 0 radical (unpaired) electrons. The molecular weight excluding hydrogens is 320 g/mol. The minimum Gasteiger partial charge on any atom is -0.490 e. The van der Waals surface area contributed by atoms with Crippen LogP contribution in [-0.4, -0.2) is 6.10 Å². The number of rotatable bonds is 4. The predicted octanol–water partition coefficient (Wildman–Crippen LogP) is 5.56. The summed E-state index contributed by atoms with van der Waals surface area (Å²) < 4.78 is 5.97. The van der Waals surface area contributed by atoms with E-state index in [1.807, 2.05) is 62.4 Å². The first-order valence-corrected chi connectivity index (χ1v) is 8.43. The van der Waals surface area contributed by atoms with Crippen molar-refractivity contribution in [1.29, 1.82) is 10.5 Å². The number of nitrogens with zero attached hydrogens (tertiary/aromatic N) is 2. The van der Waals surface area contributed by atoms with E-state index in [1.54, 1.807) is 18.2 Å². The van der Waals surface area contributed by atoms with Crippen LogP contribution in [0.5, 0.6) is 5.75 Å². The number of nitriles is 2. The van der Waals surface area contributed by atoms with Crippen LogP contribution in [0.2, 0.25) is 0 Å². The van der Waals surface area contributed by atoms with Gasteiger partial charge in [-0.3, -0.25) is 0 Å². The highest BCUT2D eigenvalue weighted by Crippen LogP contribution is 2.32. The van der Waals surface area contributed by atoms with E-state index in [4.69, 9.17) is 10.00 Å². The van der Waals surface area contributed by atoms with Crippen molar-refractivity contribution < 1.29 is 4.74 Å². The molecule has 3 rings (SSSR count). The van der Waals surface area contributed by atoms with Crippen molar-refractivity contribution >= 4 is 22.4 Å². The normalized spacial score (nSPS) is 11.2. The molecule has 0 heterocycles. The molecule has 3 aromatic rings. The van der Waals surface area contributed by atoms with Gasteiger partial charge in [0.05, 0.1) is 29.4 Å². The summed E-state index contributed by atoms with van der Waals surface area (Å²) in [6, 6.07) is 23.4. The Morgan fingerprint density at radius 3 is 2.54 bits per heavy atom. The van der Waals surface area contributed by atoms with Crippen LogP contribution in [0, 0.1) is 22.7 Å². The van der Waals surface area contributed by atoms with E-state index < -0.39 is 0 Å². The Hall–Kier alpha value is -3.56. The van der Waals surface area contributed by atoms with Gasteiger partial charge >= 0.3 is 0 Å². The first-order valence-electron chi connectivity index (χ1n) is 8.43. The Labute approximate surface area is 153 Å². The van der Waals surface area contributed by atoms with E-state index in [0.717, 1.165) is 27.6 Å². The van der Waals surface area contributed by atoms with Gasteiger partial charge in [0, 0.05) is 5.56 Å². The molecule has 3 nitrogen and oxygen atoms in total. The lowest BCUT2D eigenvalue weighted by Gasteiger charge is -2.15. The second kappa shape index (κ2) is 7.55. The Morgan fingerprint density at radius 1 is 1.00 bits per heavy atom. The molecule has 126 valence electrons. The molecule has 0 unspecified atom stereocenters. The van der Waals surface area contributed by atoms with Gasteiger partial charge in [-0.2, -0.15) is 10.5 Å². The average Bonchev–Trinajstić information content (AvgIpc) is 2.66. The first-order chi connectivity index (χ1) is 12.6. The Bertz CT molecular complexity index is 1070. The maximum atomic E-state index is 9.71. The predicted molar refractivity (Wildman–Crippen MR) is 104 cm³/mol. The van der Waals surface area contributed by atoms with Crippen LogP contribution in [-0.2, 0) is 0 Å². The first kappa shape index (κ1) is 17.3. The van der Waals surface area contributed by atoms with E-state index in [1.165, 1.54) is 0 Å². The van der Waals surface area contributed by atoms with Crippen LogP contribution in [0.4, 0.5) is 0 Å². The molecule has 0 aliphatic carbocycles. The van der Waals surface area contributed by atoms with Crippen molar-refractivity contribution in [2.75, 3.05) is 0 Å². The molecule has 26 heavy (non-hydrogen) atoms. The molecule has 0 atom stereocenters. The zero-order valence-electron chi connectivity index (χ0n) is 14.7. The van der Waals surface area contributed by atoms with Gasteiger partial charge in [0.15, 0.2) is 0 Å². The van der Waals surface area contributed by atoms with Crippen LogP contribution in [0.15, 0.2) is 60.7 Å². The van der Waals surface area contributed by atoms with Gasteiger partial charge < -0.3 is 4.74 Å². The zero-order chi connectivity index (χ0) is 18.5.